The van der Waals surface area contributed by atoms with Crippen LogP contribution in [0.25, 0.3) is 0 Å². The Hall–Kier alpha value is -2.61. The minimum Gasteiger partial charge on any atom is -0.508 e. The Kier molecular flexibility index (Phi) is 8.57. The molecule has 6 N–H and O–H groups in total. The fourth-order valence-corrected chi connectivity index (χ4v) is 2.41. The molecule has 1 rings (SSSR count). The number of benzene rings is 1. The van der Waals surface area contributed by atoms with Gasteiger partial charge < -0.3 is 26.6 Å². The first-order valence-electron chi connectivity index (χ1n) is 8.59. The molecule has 0 aliphatic carbocycles. The first kappa shape index (κ1) is 21.4. The van der Waals surface area contributed by atoms with Crippen molar-refractivity contribution in [3.63, 3.8) is 0 Å². The number of rotatable bonds is 10. The van der Waals surface area contributed by atoms with Crippen LogP contribution < -0.4 is 16.4 Å². The zero-order chi connectivity index (χ0) is 19.7. The summed E-state index contributed by atoms with van der Waals surface area (Å²) in [6.07, 6.45) is 0.807. The van der Waals surface area contributed by atoms with E-state index in [2.05, 4.69) is 10.6 Å². The molecule has 0 heterocycles. The van der Waals surface area contributed by atoms with E-state index in [4.69, 9.17) is 5.73 Å². The lowest BCUT2D eigenvalue weighted by Gasteiger charge is -2.24. The number of nitrogens with one attached hydrogen (secondary N) is 2. The fourth-order valence-electron chi connectivity index (χ4n) is 2.41. The smallest absolute Gasteiger partial charge is 0.326 e. The zero-order valence-electron chi connectivity index (χ0n) is 15.1. The van der Waals surface area contributed by atoms with E-state index in [0.717, 1.165) is 0 Å². The average molecular weight is 365 g/mol. The molecule has 2 amide bonds. The highest BCUT2D eigenvalue weighted by Gasteiger charge is 2.29. The zero-order valence-corrected chi connectivity index (χ0v) is 15.1. The third-order valence-electron chi connectivity index (χ3n) is 4.18. The van der Waals surface area contributed by atoms with Crippen LogP contribution in [0.2, 0.25) is 0 Å². The maximum Gasteiger partial charge on any atom is 0.326 e. The van der Waals surface area contributed by atoms with E-state index < -0.39 is 24.0 Å². The second-order valence-corrected chi connectivity index (χ2v) is 6.24. The molecule has 8 nitrogen and oxygen atoms in total. The predicted molar refractivity (Wildman–Crippen MR) is 96.4 cm³/mol. The standard InChI is InChI=1S/C18H27N3O5/c1-3-11(2)16(18(25)26)21-17(24)14(20-15(23)8-9-19)10-12-4-6-13(22)7-5-12/h4-7,11,14,16,22H,3,8-10,19H2,1-2H3,(H,20,23)(H,21,24)(H,25,26)/t11-,14-,16-/m0/s1. The highest BCUT2D eigenvalue weighted by molar-refractivity contribution is 5.90. The molecule has 8 heteroatoms. The van der Waals surface area contributed by atoms with Crippen molar-refractivity contribution in [2.45, 2.75) is 45.2 Å². The van der Waals surface area contributed by atoms with Crippen LogP contribution in [0, 0.1) is 5.92 Å². The molecule has 0 fully saturated rings. The number of carbonyl (C=O) groups is 3. The maximum atomic E-state index is 12.6. The van der Waals surface area contributed by atoms with Crippen LogP contribution in [0.1, 0.15) is 32.3 Å². The first-order chi connectivity index (χ1) is 12.3. The Labute approximate surface area is 152 Å². The monoisotopic (exact) mass is 365 g/mol. The molecule has 0 saturated carbocycles. The summed E-state index contributed by atoms with van der Waals surface area (Å²) in [6.45, 7) is 3.72. The van der Waals surface area contributed by atoms with Gasteiger partial charge in [-0.15, -0.1) is 0 Å². The number of aromatic hydroxyl groups is 1. The summed E-state index contributed by atoms with van der Waals surface area (Å²) in [4.78, 5) is 35.9. The van der Waals surface area contributed by atoms with E-state index in [9.17, 15) is 24.6 Å². The number of carboxylic acids is 1. The number of hydrogen-bond acceptors (Lipinski definition) is 5. The van der Waals surface area contributed by atoms with Crippen molar-refractivity contribution in [2.75, 3.05) is 6.54 Å². The summed E-state index contributed by atoms with van der Waals surface area (Å²) >= 11 is 0. The summed E-state index contributed by atoms with van der Waals surface area (Å²) in [5, 5.41) is 23.8. The molecule has 1 aromatic carbocycles. The molecule has 0 radical (unpaired) electrons. The Morgan fingerprint density at radius 1 is 1.15 bits per heavy atom. The Bertz CT molecular complexity index is 618. The largest absolute Gasteiger partial charge is 0.508 e. The minimum atomic E-state index is -1.12. The third kappa shape index (κ3) is 6.72. The van der Waals surface area contributed by atoms with Crippen LogP contribution in [0.15, 0.2) is 24.3 Å². The lowest BCUT2D eigenvalue weighted by atomic mass is 9.98. The average Bonchev–Trinajstić information content (AvgIpc) is 2.60. The van der Waals surface area contributed by atoms with Gasteiger partial charge in [-0.25, -0.2) is 4.79 Å². The van der Waals surface area contributed by atoms with Gasteiger partial charge in [0.25, 0.3) is 0 Å². The van der Waals surface area contributed by atoms with Crippen LogP contribution in [0.4, 0.5) is 0 Å². The number of carbonyl (C=O) groups excluding carboxylic acids is 2. The molecular formula is C18H27N3O5. The van der Waals surface area contributed by atoms with E-state index in [0.29, 0.717) is 12.0 Å². The van der Waals surface area contributed by atoms with Gasteiger partial charge in [-0.05, 0) is 23.6 Å². The quantitative estimate of drug-likeness (QED) is 0.406. The van der Waals surface area contributed by atoms with Crippen molar-refractivity contribution in [1.82, 2.24) is 10.6 Å². The molecule has 0 aliphatic heterocycles. The van der Waals surface area contributed by atoms with Gasteiger partial charge in [0.15, 0.2) is 0 Å². The highest BCUT2D eigenvalue weighted by Crippen LogP contribution is 2.13. The topological polar surface area (TPSA) is 142 Å². The Morgan fingerprint density at radius 2 is 1.77 bits per heavy atom. The SMILES string of the molecule is CC[C@H](C)[C@H](NC(=O)[C@H](Cc1ccc(O)cc1)NC(=O)CCN)C(=O)O. The van der Waals surface area contributed by atoms with Crippen LogP contribution in [0.3, 0.4) is 0 Å². The Morgan fingerprint density at radius 3 is 2.27 bits per heavy atom. The van der Waals surface area contributed by atoms with Gasteiger partial charge in [0.1, 0.15) is 17.8 Å². The summed E-state index contributed by atoms with van der Waals surface area (Å²) < 4.78 is 0. The second kappa shape index (κ2) is 10.4. The normalized spacial score (nSPS) is 14.1. The van der Waals surface area contributed by atoms with Gasteiger partial charge in [0.2, 0.25) is 11.8 Å². The van der Waals surface area contributed by atoms with Crippen molar-refractivity contribution in [3.05, 3.63) is 29.8 Å². The third-order valence-corrected chi connectivity index (χ3v) is 4.18. The van der Waals surface area contributed by atoms with Gasteiger partial charge in [-0.2, -0.15) is 0 Å². The minimum absolute atomic E-state index is 0.0626. The van der Waals surface area contributed by atoms with E-state index in [1.165, 1.54) is 12.1 Å². The van der Waals surface area contributed by atoms with Gasteiger partial charge in [-0.3, -0.25) is 9.59 Å². The summed E-state index contributed by atoms with van der Waals surface area (Å²) in [6, 6.07) is 4.24. The fraction of sp³-hybridized carbons (Fsp3) is 0.500. The van der Waals surface area contributed by atoms with Gasteiger partial charge in [0.05, 0.1) is 0 Å². The van der Waals surface area contributed by atoms with Crippen LogP contribution >= 0.6 is 0 Å². The molecule has 0 aliphatic rings. The van der Waals surface area contributed by atoms with Crippen molar-refractivity contribution in [1.29, 1.82) is 0 Å². The molecular weight excluding hydrogens is 338 g/mol. The van der Waals surface area contributed by atoms with E-state index in [1.807, 2.05) is 6.92 Å². The summed E-state index contributed by atoms with van der Waals surface area (Å²) in [7, 11) is 0. The van der Waals surface area contributed by atoms with Gasteiger partial charge >= 0.3 is 5.97 Å². The lowest BCUT2D eigenvalue weighted by molar-refractivity contribution is -0.143. The lowest BCUT2D eigenvalue weighted by Crippen LogP contribution is -2.54. The molecule has 144 valence electrons. The van der Waals surface area contributed by atoms with Crippen LogP contribution in [-0.2, 0) is 20.8 Å². The molecule has 26 heavy (non-hydrogen) atoms. The molecule has 0 unspecified atom stereocenters. The number of aliphatic carboxylic acids is 1. The number of hydrogen-bond donors (Lipinski definition) is 5. The molecule has 0 bridgehead atoms. The van der Waals surface area contributed by atoms with Crippen molar-refractivity contribution in [3.8, 4) is 5.75 Å². The molecule has 0 saturated heterocycles. The van der Waals surface area contributed by atoms with Crippen LogP contribution in [0.5, 0.6) is 5.75 Å². The van der Waals surface area contributed by atoms with E-state index >= 15 is 0 Å². The number of carboxylic acid groups (broad SMARTS) is 1. The van der Waals surface area contributed by atoms with Crippen LogP contribution in [-0.4, -0.2) is 46.6 Å². The number of nitrogens with two attached hydrogens (primary N) is 1. The molecule has 0 aromatic heterocycles. The number of amides is 2. The summed E-state index contributed by atoms with van der Waals surface area (Å²) in [5.41, 5.74) is 6.08. The predicted octanol–water partition coefficient (Wildman–Crippen LogP) is 0.384. The van der Waals surface area contributed by atoms with E-state index in [1.54, 1.807) is 19.1 Å². The van der Waals surface area contributed by atoms with Crippen molar-refractivity contribution in [2.24, 2.45) is 11.7 Å². The molecule has 1 aromatic rings. The molecule has 0 spiro atoms. The second-order valence-electron chi connectivity index (χ2n) is 6.24. The van der Waals surface area contributed by atoms with Gasteiger partial charge in [-0.1, -0.05) is 32.4 Å². The van der Waals surface area contributed by atoms with E-state index in [-0.39, 0.29) is 37.0 Å². The van der Waals surface area contributed by atoms with Crippen molar-refractivity contribution >= 4 is 17.8 Å². The first-order valence-corrected chi connectivity index (χ1v) is 8.59. The number of phenols is 1. The Balaban J connectivity index is 2.94. The number of phenolic OH excluding ortho intramolecular Hbond substituents is 1. The molecule has 3 atom stereocenters. The summed E-state index contributed by atoms with van der Waals surface area (Å²) in [5.74, 6) is -2.25. The van der Waals surface area contributed by atoms with Crippen molar-refractivity contribution < 1.29 is 24.6 Å². The maximum absolute atomic E-state index is 12.6. The van der Waals surface area contributed by atoms with Gasteiger partial charge in [0, 0.05) is 19.4 Å². The highest BCUT2D eigenvalue weighted by atomic mass is 16.4.